The Labute approximate surface area is 567 Å². The quantitative estimate of drug-likeness (QED) is 0.119. The third-order valence-electron chi connectivity index (χ3n) is 16.9. The number of para-hydroxylation sites is 7. The van der Waals surface area contributed by atoms with E-state index in [1.165, 1.54) is 58.7 Å². The number of hydrogen-bond acceptors (Lipinski definition) is 11. The molecule has 11 heteroatoms. The predicted molar refractivity (Wildman–Crippen MR) is 407 cm³/mol. The average Bonchev–Trinajstić information content (AvgIpc) is 1.61. The van der Waals surface area contributed by atoms with Gasteiger partial charge in [0.05, 0.1) is 15.2 Å². The van der Waals surface area contributed by atoms with Crippen molar-refractivity contribution in [2.45, 2.75) is 0 Å². The molecule has 0 saturated carbocycles. The molecule has 0 atom stereocenters. The van der Waals surface area contributed by atoms with E-state index in [2.05, 4.69) is 294 Å². The first kappa shape index (κ1) is 61.6. The number of hydrogen-bond donors (Lipinski definition) is 0. The fraction of sp³-hybridized carbons (Fsp3) is 0.0471. The molecule has 4 heterocycles. The lowest BCUT2D eigenvalue weighted by molar-refractivity contribution is 0.619. The minimum Gasteiger partial charge on any atom is -0.436 e. The molecule has 0 radical (unpaired) electrons. The van der Waals surface area contributed by atoms with E-state index in [0.717, 1.165) is 72.2 Å². The van der Waals surface area contributed by atoms with Crippen LogP contribution in [0.15, 0.2) is 342 Å². The first-order valence-electron chi connectivity index (χ1n) is 31.8. The van der Waals surface area contributed by atoms with Crippen LogP contribution in [0.4, 0.5) is 44.8 Å². The van der Waals surface area contributed by atoms with Crippen LogP contribution in [0, 0.1) is 0 Å². The maximum atomic E-state index is 5.87. The van der Waals surface area contributed by atoms with Gasteiger partial charge < -0.3 is 28.4 Å². The molecule has 0 fully saturated rings. The molecule has 9 nitrogen and oxygen atoms in total. The number of oxazole rings is 2. The highest BCUT2D eigenvalue weighted by molar-refractivity contribution is 7.21. The average molecular weight is 1280 g/mol. The van der Waals surface area contributed by atoms with Gasteiger partial charge in [0.25, 0.3) is 0 Å². The number of anilines is 8. The Morgan fingerprint density at radius 3 is 1.17 bits per heavy atom. The summed E-state index contributed by atoms with van der Waals surface area (Å²) in [6.07, 6.45) is 0. The van der Waals surface area contributed by atoms with E-state index in [9.17, 15) is 0 Å². The van der Waals surface area contributed by atoms with Crippen molar-refractivity contribution in [2.24, 2.45) is 0 Å². The molecule has 466 valence electrons. The zero-order valence-corrected chi connectivity index (χ0v) is 55.2. The summed E-state index contributed by atoms with van der Waals surface area (Å²) in [5, 5.41) is 7.32. The Kier molecular flexibility index (Phi) is 18.3. The van der Waals surface area contributed by atoms with Crippen LogP contribution in [0.25, 0.3) is 97.9 Å². The minimum absolute atomic E-state index is 0.649. The Hall–Kier alpha value is -11.9. The van der Waals surface area contributed by atoms with Crippen LogP contribution in [-0.2, 0) is 0 Å². The fourth-order valence-electron chi connectivity index (χ4n) is 11.6. The predicted octanol–water partition coefficient (Wildman–Crippen LogP) is 23.7. The summed E-state index contributed by atoms with van der Waals surface area (Å²) < 4.78 is 12.9. The van der Waals surface area contributed by atoms with E-state index in [-0.39, 0.29) is 0 Å². The monoisotopic (exact) mass is 1280 g/mol. The lowest BCUT2D eigenvalue weighted by Crippen LogP contribution is -2.09. The Morgan fingerprint density at radius 2 is 0.667 bits per heavy atom. The normalized spacial score (nSPS) is 10.9. The van der Waals surface area contributed by atoms with Crippen molar-refractivity contribution in [3.05, 3.63) is 334 Å². The highest BCUT2D eigenvalue weighted by Crippen LogP contribution is 2.39. The van der Waals surface area contributed by atoms with E-state index in [4.69, 9.17) is 13.8 Å². The molecule has 17 aromatic rings. The topological polar surface area (TPSA) is 77.9 Å². The molecule has 0 aliphatic heterocycles. The van der Waals surface area contributed by atoms with Crippen molar-refractivity contribution in [3.63, 3.8) is 0 Å². The van der Waals surface area contributed by atoms with E-state index in [1.54, 1.807) is 11.3 Å². The maximum Gasteiger partial charge on any atom is 0.227 e. The zero-order chi connectivity index (χ0) is 65.2. The maximum absolute atomic E-state index is 5.87. The smallest absolute Gasteiger partial charge is 0.227 e. The summed E-state index contributed by atoms with van der Waals surface area (Å²) in [6.45, 7) is 0. The fourth-order valence-corrected chi connectivity index (χ4v) is 13.6. The summed E-state index contributed by atoms with van der Waals surface area (Å²) in [6, 6.07) is 115. The van der Waals surface area contributed by atoms with Gasteiger partial charge in [-0.05, 0) is 174 Å². The van der Waals surface area contributed by atoms with Gasteiger partial charge in [0, 0.05) is 100 Å². The van der Waals surface area contributed by atoms with Gasteiger partial charge in [-0.15, -0.1) is 22.7 Å². The Balaban J connectivity index is 0.000000111. The van der Waals surface area contributed by atoms with Gasteiger partial charge in [-0.3, -0.25) is 0 Å². The standard InChI is InChI=1S/C24H18N2O.C24H18N2S.C20H16N2O.C17H15NS/c2*1-26(22-11-6-8-17-7-2-3-9-20(17)22)19-15-13-18(14-16-19)24-25-21-10-4-5-12-23(21)27-24;1-22(16-7-3-2-4-8-16)17-13-11-15(12-14-17)20-21-18-9-5-6-10-19(18)23-20;1-18(15-10-6-3-7-11-15)17-13-12-16(19-17)14-8-4-2-5-9-14/h2*2-16H,1H3;2-14H,1H3;2-13H,1H3. The summed E-state index contributed by atoms with van der Waals surface area (Å²) in [5.74, 6) is 1.30. The van der Waals surface area contributed by atoms with E-state index in [0.29, 0.717) is 11.8 Å². The lowest BCUT2D eigenvalue weighted by Gasteiger charge is -2.21. The molecule has 17 rings (SSSR count). The number of aromatic nitrogens is 3. The molecule has 4 aromatic heterocycles. The molecular weight excluding hydrogens is 1220 g/mol. The second-order valence-electron chi connectivity index (χ2n) is 23.0. The first-order valence-corrected chi connectivity index (χ1v) is 33.4. The highest BCUT2D eigenvalue weighted by atomic mass is 32.1. The third kappa shape index (κ3) is 13.8. The van der Waals surface area contributed by atoms with Crippen LogP contribution < -0.4 is 19.6 Å². The molecule has 0 N–H and O–H groups in total. The highest BCUT2D eigenvalue weighted by Gasteiger charge is 2.15. The summed E-state index contributed by atoms with van der Waals surface area (Å²) in [4.78, 5) is 24.0. The largest absolute Gasteiger partial charge is 0.436 e. The number of benzene rings is 13. The van der Waals surface area contributed by atoms with Gasteiger partial charge in [-0.2, -0.15) is 0 Å². The molecule has 0 spiro atoms. The number of thiazole rings is 1. The molecule has 96 heavy (non-hydrogen) atoms. The summed E-state index contributed by atoms with van der Waals surface area (Å²) in [5.41, 5.74) is 17.0. The van der Waals surface area contributed by atoms with Crippen molar-refractivity contribution in [3.8, 4) is 43.9 Å². The molecule has 0 saturated heterocycles. The first-order chi connectivity index (χ1) is 47.2. The van der Waals surface area contributed by atoms with Crippen LogP contribution in [0.2, 0.25) is 0 Å². The molecule has 13 aromatic carbocycles. The van der Waals surface area contributed by atoms with Crippen LogP contribution in [0.3, 0.4) is 0 Å². The van der Waals surface area contributed by atoms with Crippen LogP contribution in [0.1, 0.15) is 0 Å². The number of rotatable bonds is 12. The SMILES string of the molecule is CN(c1ccc(-c2nc3ccccc3o2)cc1)c1cccc2ccccc12.CN(c1ccc(-c2nc3ccccc3s2)cc1)c1cccc2ccccc12.CN(c1ccccc1)c1ccc(-c2ccccc2)s1.CN(c1ccccc1)c1ccc(-c2nc3ccccc3o2)cc1. The van der Waals surface area contributed by atoms with E-state index in [1.807, 2.05) is 108 Å². The summed E-state index contributed by atoms with van der Waals surface area (Å²) in [7, 11) is 8.38. The van der Waals surface area contributed by atoms with Gasteiger partial charge in [0.1, 0.15) is 16.0 Å². The molecule has 0 aliphatic carbocycles. The Bertz CT molecular complexity index is 5070. The van der Waals surface area contributed by atoms with Crippen molar-refractivity contribution >= 4 is 121 Å². The molecule has 0 amide bonds. The van der Waals surface area contributed by atoms with Crippen molar-refractivity contribution in [1.29, 1.82) is 0 Å². The van der Waals surface area contributed by atoms with Gasteiger partial charge in [0.15, 0.2) is 11.2 Å². The Morgan fingerprint density at radius 1 is 0.271 bits per heavy atom. The number of fused-ring (bicyclic) bond motifs is 5. The van der Waals surface area contributed by atoms with Crippen molar-refractivity contribution in [1.82, 2.24) is 15.0 Å². The molecule has 0 aliphatic rings. The van der Waals surface area contributed by atoms with Gasteiger partial charge in [-0.25, -0.2) is 15.0 Å². The van der Waals surface area contributed by atoms with Gasteiger partial charge in [-0.1, -0.05) is 176 Å². The molecule has 0 unspecified atom stereocenters. The zero-order valence-electron chi connectivity index (χ0n) is 53.5. The minimum atomic E-state index is 0.649. The van der Waals surface area contributed by atoms with E-state index < -0.39 is 0 Å². The van der Waals surface area contributed by atoms with Crippen molar-refractivity contribution in [2.75, 3.05) is 47.8 Å². The van der Waals surface area contributed by atoms with E-state index >= 15 is 0 Å². The van der Waals surface area contributed by atoms with Crippen LogP contribution in [-0.4, -0.2) is 43.1 Å². The van der Waals surface area contributed by atoms with Gasteiger partial charge in [0.2, 0.25) is 11.8 Å². The van der Waals surface area contributed by atoms with Gasteiger partial charge >= 0.3 is 0 Å². The summed E-state index contributed by atoms with van der Waals surface area (Å²) >= 11 is 3.55. The molecular formula is C85H67N7O2S2. The van der Waals surface area contributed by atoms with Crippen molar-refractivity contribution < 1.29 is 8.83 Å². The second kappa shape index (κ2) is 28.5. The lowest BCUT2D eigenvalue weighted by atomic mass is 10.1. The third-order valence-corrected chi connectivity index (χ3v) is 19.2. The van der Waals surface area contributed by atoms with Crippen LogP contribution >= 0.6 is 22.7 Å². The second-order valence-corrected chi connectivity index (χ2v) is 25.1. The van der Waals surface area contributed by atoms with Crippen LogP contribution in [0.5, 0.6) is 0 Å². The number of thiophene rings is 1. The number of nitrogens with zero attached hydrogens (tertiary/aromatic N) is 7. The molecule has 0 bridgehead atoms.